The van der Waals surface area contributed by atoms with E-state index in [1.807, 2.05) is 0 Å². The van der Waals surface area contributed by atoms with Crippen LogP contribution in [-0.2, 0) is 6.15 Å². The van der Waals surface area contributed by atoms with E-state index in [0.29, 0.717) is 12.2 Å². The third-order valence-electron chi connectivity index (χ3n) is 7.95. The number of benzene rings is 3. The molecular weight excluding hydrogens is 966 g/mol. The van der Waals surface area contributed by atoms with Gasteiger partial charge in [-0.1, -0.05) is 72.8 Å². The first kappa shape index (κ1) is 56.1. The Morgan fingerprint density at radius 2 is 0.552 bits per heavy atom. The van der Waals surface area contributed by atoms with Gasteiger partial charge in [-0.15, -0.1) is 0 Å². The molecule has 3 rings (SSSR count). The van der Waals surface area contributed by atoms with Crippen molar-refractivity contribution in [1.29, 1.82) is 0 Å². The Labute approximate surface area is 368 Å². The first-order valence-corrected chi connectivity index (χ1v) is 21.1. The quantitative estimate of drug-likeness (QED) is 0.143. The van der Waals surface area contributed by atoms with Crippen molar-refractivity contribution in [3.8, 4) is 0 Å². The van der Waals surface area contributed by atoms with Gasteiger partial charge >= 0.3 is 169 Å². The fraction of sp³-hybridized carbons (Fsp3) is 0.429. The Morgan fingerprint density at radius 3 is 0.655 bits per heavy atom. The maximum atomic E-state index is 10.3. The van der Waals surface area contributed by atoms with Gasteiger partial charge in [0.1, 0.15) is 0 Å². The van der Waals surface area contributed by atoms with E-state index in [1.165, 1.54) is 159 Å². The van der Waals surface area contributed by atoms with Gasteiger partial charge in [0.25, 0.3) is 0 Å². The van der Waals surface area contributed by atoms with Gasteiger partial charge in [0.15, 0.2) is 0 Å². The van der Waals surface area contributed by atoms with Gasteiger partial charge < -0.3 is 59.4 Å². The summed E-state index contributed by atoms with van der Waals surface area (Å²) in [5.74, 6) is -9.11. The van der Waals surface area contributed by atoms with Crippen LogP contribution in [0, 0.1) is 0 Å². The number of carboxylic acids is 6. The zero-order valence-electron chi connectivity index (χ0n) is 33.3. The van der Waals surface area contributed by atoms with Crippen LogP contribution in [0.2, 0.25) is 0 Å². The summed E-state index contributed by atoms with van der Waals surface area (Å²) in [5, 5.41) is 61.9. The van der Waals surface area contributed by atoms with E-state index in [9.17, 15) is 59.4 Å². The Kier molecular flexibility index (Phi) is 33.8. The number of unbranched alkanes of at least 4 members (excludes halogenated alkanes) is 4. The van der Waals surface area contributed by atoms with Crippen molar-refractivity contribution in [2.75, 3.05) is 0 Å². The summed E-state index contributed by atoms with van der Waals surface area (Å²) in [6.45, 7) is 8.94. The van der Waals surface area contributed by atoms with Gasteiger partial charge in [0.2, 0.25) is 0 Å². The molecule has 3 aromatic rings. The van der Waals surface area contributed by atoms with Gasteiger partial charge in [-0.05, 0) is 0 Å². The van der Waals surface area contributed by atoms with E-state index < -0.39 is 35.8 Å². The van der Waals surface area contributed by atoms with Crippen LogP contribution in [0.4, 0.5) is 0 Å². The Bertz CT molecular complexity index is 1370. The summed E-state index contributed by atoms with van der Waals surface area (Å²) < 4.78 is 10.9. The van der Waals surface area contributed by atoms with Crippen LogP contribution in [0.3, 0.4) is 0 Å². The first-order valence-electron chi connectivity index (χ1n) is 18.8. The summed E-state index contributed by atoms with van der Waals surface area (Å²) >= 11 is 2.46. The summed E-state index contributed by atoms with van der Waals surface area (Å²) in [5.41, 5.74) is -2.18. The molecule has 0 fully saturated rings. The van der Waals surface area contributed by atoms with E-state index >= 15 is 0 Å². The second kappa shape index (κ2) is 35.0. The van der Waals surface area contributed by atoms with E-state index in [4.69, 9.17) is 6.15 Å². The Morgan fingerprint density at radius 1 is 0.397 bits per heavy atom. The van der Waals surface area contributed by atoms with Gasteiger partial charge in [-0.3, -0.25) is 0 Å². The summed E-state index contributed by atoms with van der Waals surface area (Å²) in [6, 6.07) is 15.4. The number of hydrogen-bond acceptors (Lipinski definition) is 14. The van der Waals surface area contributed by atoms with Crippen LogP contribution < -0.4 is 30.6 Å². The summed E-state index contributed by atoms with van der Waals surface area (Å²) in [4.78, 5) is 61.9. The number of aromatic carboxylic acids is 6. The molecule has 0 aliphatic rings. The molecule has 0 atom stereocenters. The van der Waals surface area contributed by atoms with Gasteiger partial charge in [0, 0.05) is 33.4 Å². The molecule has 16 heteroatoms. The maximum Gasteiger partial charge on any atom is 0.0721 e. The number of carbonyl (C=O) groups is 6. The van der Waals surface area contributed by atoms with Crippen molar-refractivity contribution in [3.05, 3.63) is 106 Å². The average Bonchev–Trinajstić information content (AvgIpc) is 3.21. The van der Waals surface area contributed by atoms with Crippen molar-refractivity contribution < 1.29 is 65.6 Å². The minimum absolute atomic E-state index is 0.363. The molecule has 0 bridgehead atoms. The average molecular weight is 1020 g/mol. The van der Waals surface area contributed by atoms with E-state index in [0.717, 1.165) is 36.4 Å². The minimum Gasteiger partial charge on any atom is -0.545 e. The predicted molar refractivity (Wildman–Crippen MR) is 205 cm³/mol. The second-order valence-electron chi connectivity index (χ2n) is 12.4. The molecule has 0 radical (unpaired) electrons. The molecule has 14 nitrogen and oxygen atoms in total. The number of hydrogen-bond donors (Lipinski definition) is 0. The zero-order chi connectivity index (χ0) is 44.5. The van der Waals surface area contributed by atoms with E-state index in [1.54, 1.807) is 0 Å². The fourth-order valence-electron chi connectivity index (χ4n) is 4.77. The van der Waals surface area contributed by atoms with Gasteiger partial charge in [-0.25, -0.2) is 0 Å². The molecule has 0 spiro atoms. The Balaban J connectivity index is 0. The molecular formula is C42H50O14Sn2. The zero-order valence-corrected chi connectivity index (χ0v) is 39.0. The molecule has 0 N–H and O–H groups in total. The maximum absolute atomic E-state index is 10.3. The molecule has 0 aliphatic heterocycles. The number of rotatable bonds is 20. The smallest absolute Gasteiger partial charge is 0.0721 e. The molecule has 0 amide bonds. The topological polar surface area (TPSA) is 259 Å². The monoisotopic (exact) mass is 1020 g/mol. The van der Waals surface area contributed by atoms with E-state index in [-0.39, 0.29) is 33.4 Å². The molecule has 310 valence electrons. The van der Waals surface area contributed by atoms with Crippen molar-refractivity contribution in [1.82, 2.24) is 0 Å². The van der Waals surface area contributed by atoms with Crippen molar-refractivity contribution in [2.45, 2.75) is 117 Å². The van der Waals surface area contributed by atoms with Crippen LogP contribution >= 0.6 is 0 Å². The van der Waals surface area contributed by atoms with E-state index in [2.05, 4.69) is 27.7 Å². The number of carbonyl (C=O) groups excluding carboxylic acids is 6. The SMILES string of the molecule is CCCCC(CCCC)[O][Sn+3].CCCCC(CCCC)[O][Sn+3].O=C([O-])c1ccccc1C(=O)[O-].O=C([O-])c1ccccc1C(=O)[O-].O=C([O-])c1ccccc1C(=O)[O-]. The van der Waals surface area contributed by atoms with Gasteiger partial charge in [-0.2, -0.15) is 0 Å². The van der Waals surface area contributed by atoms with Crippen LogP contribution in [0.1, 0.15) is 167 Å². The summed E-state index contributed by atoms with van der Waals surface area (Å²) in [6.07, 6.45) is 16.7. The predicted octanol–water partition coefficient (Wildman–Crippen LogP) is 0.912. The largest absolute Gasteiger partial charge is 0.545 e. The molecule has 3 aromatic carbocycles. The fourth-order valence-corrected chi connectivity index (χ4v) is 6.11. The minimum atomic E-state index is -1.52. The molecule has 0 unspecified atom stereocenters. The van der Waals surface area contributed by atoms with Crippen molar-refractivity contribution in [3.63, 3.8) is 0 Å². The van der Waals surface area contributed by atoms with Crippen LogP contribution in [0.25, 0.3) is 0 Å². The summed E-state index contributed by atoms with van der Waals surface area (Å²) in [7, 11) is 0. The Hall–Kier alpha value is -4.00. The third-order valence-corrected chi connectivity index (χ3v) is 9.86. The molecule has 0 saturated carbocycles. The normalized spacial score (nSPS) is 9.97. The molecule has 0 aromatic heterocycles. The van der Waals surface area contributed by atoms with Crippen molar-refractivity contribution in [2.24, 2.45) is 0 Å². The van der Waals surface area contributed by atoms with Crippen LogP contribution in [0.5, 0.6) is 0 Å². The molecule has 0 saturated heterocycles. The standard InChI is InChI=1S/2C9H19O.3C8H6O4.2Sn/c2*1-3-5-7-9(10)8-6-4-2;3*9-7(10)5-3-1-2-4-6(5)8(11)12;;/h2*9H,3-8H2,1-2H3;3*1-4H,(H,9,10)(H,11,12);;/q2*-1;;;;2*+4/p-6. The third kappa shape index (κ3) is 25.4. The second-order valence-corrected chi connectivity index (χ2v) is 13.8. The molecule has 0 aliphatic carbocycles. The van der Waals surface area contributed by atoms with Gasteiger partial charge in [0.05, 0.1) is 35.8 Å². The van der Waals surface area contributed by atoms with Crippen LogP contribution in [-0.4, -0.2) is 93.9 Å². The van der Waals surface area contributed by atoms with Crippen molar-refractivity contribution >= 4 is 81.7 Å². The molecule has 0 heterocycles. The first-order chi connectivity index (χ1) is 27.6. The number of carboxylic acid groups (broad SMARTS) is 6. The molecule has 58 heavy (non-hydrogen) atoms. The van der Waals surface area contributed by atoms with Crippen LogP contribution in [0.15, 0.2) is 72.8 Å².